The zero-order chi connectivity index (χ0) is 14.4. The van der Waals surface area contributed by atoms with Crippen molar-refractivity contribution in [2.45, 2.75) is 52.4 Å². The van der Waals surface area contributed by atoms with Crippen LogP contribution in [0.15, 0.2) is 23.5 Å². The standard InChI is InChI=1S/C14H24N2O3/c1-4-10(2)13(15)7-8-16(11(3)18)14-6-5-12(9-17)19-14/h7-8,12,14,17H,4-6,9,15H2,1-3H3/b8-7-,13-10-. The van der Waals surface area contributed by atoms with Crippen LogP contribution in [0.4, 0.5) is 0 Å². The van der Waals surface area contributed by atoms with Crippen molar-refractivity contribution in [2.24, 2.45) is 5.73 Å². The molecule has 0 aliphatic carbocycles. The van der Waals surface area contributed by atoms with Gasteiger partial charge >= 0.3 is 0 Å². The van der Waals surface area contributed by atoms with Gasteiger partial charge in [0.05, 0.1) is 12.7 Å². The third-order valence-electron chi connectivity index (χ3n) is 3.40. The number of nitrogens with zero attached hydrogens (tertiary/aromatic N) is 1. The Morgan fingerprint density at radius 2 is 2.16 bits per heavy atom. The van der Waals surface area contributed by atoms with E-state index in [-0.39, 0.29) is 24.8 Å². The van der Waals surface area contributed by atoms with Gasteiger partial charge in [0.25, 0.3) is 0 Å². The molecule has 0 aromatic heterocycles. The smallest absolute Gasteiger partial charge is 0.225 e. The van der Waals surface area contributed by atoms with Crippen LogP contribution in [-0.2, 0) is 9.53 Å². The molecule has 1 saturated heterocycles. The molecule has 1 fully saturated rings. The third kappa shape index (κ3) is 4.36. The molecule has 1 heterocycles. The lowest BCUT2D eigenvalue weighted by molar-refractivity contribution is -0.138. The Morgan fingerprint density at radius 3 is 2.63 bits per heavy atom. The van der Waals surface area contributed by atoms with Gasteiger partial charge in [0.2, 0.25) is 5.91 Å². The lowest BCUT2D eigenvalue weighted by atomic mass is 10.2. The van der Waals surface area contributed by atoms with Gasteiger partial charge in [-0.25, -0.2) is 0 Å². The lowest BCUT2D eigenvalue weighted by Crippen LogP contribution is -2.35. The van der Waals surface area contributed by atoms with Crippen LogP contribution >= 0.6 is 0 Å². The predicted molar refractivity (Wildman–Crippen MR) is 73.8 cm³/mol. The number of allylic oxidation sites excluding steroid dienone is 2. The van der Waals surface area contributed by atoms with E-state index < -0.39 is 0 Å². The molecule has 5 nitrogen and oxygen atoms in total. The summed E-state index contributed by atoms with van der Waals surface area (Å²) in [6, 6.07) is 0. The summed E-state index contributed by atoms with van der Waals surface area (Å²) in [5.74, 6) is -0.0956. The van der Waals surface area contributed by atoms with Crippen LogP contribution in [0.5, 0.6) is 0 Å². The van der Waals surface area contributed by atoms with E-state index in [1.165, 1.54) is 11.8 Å². The monoisotopic (exact) mass is 268 g/mol. The molecule has 0 spiro atoms. The topological polar surface area (TPSA) is 75.8 Å². The molecule has 1 aliphatic heterocycles. The first-order valence-corrected chi connectivity index (χ1v) is 6.68. The Kier molecular flexibility index (Phi) is 6.05. The molecule has 1 amide bonds. The Morgan fingerprint density at radius 1 is 1.47 bits per heavy atom. The summed E-state index contributed by atoms with van der Waals surface area (Å²) in [7, 11) is 0. The zero-order valence-electron chi connectivity index (χ0n) is 11.9. The SMILES string of the molecule is CC/C(C)=C(N)/C=C\N(C(C)=O)C1CCC(CO)O1. The molecule has 0 aromatic carbocycles. The van der Waals surface area contributed by atoms with E-state index in [1.807, 2.05) is 13.8 Å². The fourth-order valence-corrected chi connectivity index (χ4v) is 1.94. The number of rotatable bonds is 5. The molecule has 0 bridgehead atoms. The van der Waals surface area contributed by atoms with E-state index in [4.69, 9.17) is 15.6 Å². The van der Waals surface area contributed by atoms with E-state index in [9.17, 15) is 4.79 Å². The van der Waals surface area contributed by atoms with Crippen molar-refractivity contribution in [3.05, 3.63) is 23.5 Å². The lowest BCUT2D eigenvalue weighted by Gasteiger charge is -2.24. The minimum Gasteiger partial charge on any atom is -0.399 e. The van der Waals surface area contributed by atoms with Gasteiger partial charge in [-0.3, -0.25) is 9.69 Å². The molecule has 0 saturated carbocycles. The van der Waals surface area contributed by atoms with Crippen LogP contribution in [0.3, 0.4) is 0 Å². The van der Waals surface area contributed by atoms with Gasteiger partial charge in [0, 0.05) is 18.8 Å². The number of hydrogen-bond acceptors (Lipinski definition) is 4. The average Bonchev–Trinajstić information content (AvgIpc) is 2.86. The molecule has 5 heteroatoms. The number of carbonyl (C=O) groups excluding carboxylic acids is 1. The molecule has 2 atom stereocenters. The number of hydrogen-bond donors (Lipinski definition) is 2. The predicted octanol–water partition coefficient (Wildman–Crippen LogP) is 1.49. The quantitative estimate of drug-likeness (QED) is 0.741. The molecule has 0 radical (unpaired) electrons. The number of ether oxygens (including phenoxy) is 1. The van der Waals surface area contributed by atoms with Crippen LogP contribution in [0, 0.1) is 0 Å². The molecule has 3 N–H and O–H groups in total. The van der Waals surface area contributed by atoms with Gasteiger partial charge in [0.1, 0.15) is 6.23 Å². The number of aliphatic hydroxyl groups is 1. The normalized spacial score (nSPS) is 24.6. The van der Waals surface area contributed by atoms with Gasteiger partial charge in [-0.05, 0) is 32.3 Å². The van der Waals surface area contributed by atoms with Crippen molar-refractivity contribution in [3.8, 4) is 0 Å². The van der Waals surface area contributed by atoms with Crippen molar-refractivity contribution < 1.29 is 14.6 Å². The first-order chi connectivity index (χ1) is 8.99. The summed E-state index contributed by atoms with van der Waals surface area (Å²) in [6.07, 6.45) is 5.29. The number of amides is 1. The molecule has 108 valence electrons. The van der Waals surface area contributed by atoms with Crippen LogP contribution in [0.25, 0.3) is 0 Å². The molecule has 1 rings (SSSR count). The summed E-state index contributed by atoms with van der Waals surface area (Å²) >= 11 is 0. The molecule has 19 heavy (non-hydrogen) atoms. The molecule has 2 unspecified atom stereocenters. The number of aliphatic hydroxyl groups excluding tert-OH is 1. The highest BCUT2D eigenvalue weighted by molar-refractivity contribution is 5.74. The minimum atomic E-state index is -0.305. The third-order valence-corrected chi connectivity index (χ3v) is 3.40. The molecular weight excluding hydrogens is 244 g/mol. The van der Waals surface area contributed by atoms with Crippen molar-refractivity contribution in [3.63, 3.8) is 0 Å². The Balaban J connectivity index is 2.75. The highest BCUT2D eigenvalue weighted by atomic mass is 16.5. The zero-order valence-corrected chi connectivity index (χ0v) is 11.9. The maximum absolute atomic E-state index is 11.7. The van der Waals surface area contributed by atoms with Crippen molar-refractivity contribution in [1.82, 2.24) is 4.90 Å². The van der Waals surface area contributed by atoms with Crippen LogP contribution in [-0.4, -0.2) is 34.9 Å². The average molecular weight is 268 g/mol. The summed E-state index contributed by atoms with van der Waals surface area (Å²) in [4.78, 5) is 13.2. The highest BCUT2D eigenvalue weighted by Gasteiger charge is 2.29. The summed E-state index contributed by atoms with van der Waals surface area (Å²) in [5.41, 5.74) is 7.66. The largest absolute Gasteiger partial charge is 0.399 e. The van der Waals surface area contributed by atoms with E-state index >= 15 is 0 Å². The van der Waals surface area contributed by atoms with E-state index in [0.29, 0.717) is 5.70 Å². The molecule has 1 aliphatic rings. The van der Waals surface area contributed by atoms with Crippen LogP contribution < -0.4 is 5.73 Å². The maximum atomic E-state index is 11.7. The number of carbonyl (C=O) groups is 1. The Hall–Kier alpha value is -1.33. The first kappa shape index (κ1) is 15.7. The summed E-state index contributed by atoms with van der Waals surface area (Å²) in [5, 5.41) is 9.05. The highest BCUT2D eigenvalue weighted by Crippen LogP contribution is 2.23. The minimum absolute atomic E-state index is 0.0110. The van der Waals surface area contributed by atoms with Gasteiger partial charge < -0.3 is 15.6 Å². The maximum Gasteiger partial charge on any atom is 0.225 e. The fourth-order valence-electron chi connectivity index (χ4n) is 1.94. The van der Waals surface area contributed by atoms with E-state index in [0.717, 1.165) is 24.8 Å². The van der Waals surface area contributed by atoms with E-state index in [1.54, 1.807) is 12.3 Å². The molecular formula is C14H24N2O3. The van der Waals surface area contributed by atoms with Crippen molar-refractivity contribution in [2.75, 3.05) is 6.61 Å². The number of nitrogens with two attached hydrogens (primary N) is 1. The van der Waals surface area contributed by atoms with E-state index in [2.05, 4.69) is 0 Å². The van der Waals surface area contributed by atoms with Crippen molar-refractivity contribution >= 4 is 5.91 Å². The summed E-state index contributed by atoms with van der Waals surface area (Å²) in [6.45, 7) is 5.48. The van der Waals surface area contributed by atoms with Gasteiger partial charge in [-0.2, -0.15) is 0 Å². The second-order valence-corrected chi connectivity index (χ2v) is 4.80. The fraction of sp³-hybridized carbons (Fsp3) is 0.643. The second-order valence-electron chi connectivity index (χ2n) is 4.80. The van der Waals surface area contributed by atoms with Gasteiger partial charge in [-0.1, -0.05) is 12.5 Å². The second kappa shape index (κ2) is 7.31. The molecule has 0 aromatic rings. The first-order valence-electron chi connectivity index (χ1n) is 6.68. The van der Waals surface area contributed by atoms with Gasteiger partial charge in [-0.15, -0.1) is 0 Å². The van der Waals surface area contributed by atoms with Gasteiger partial charge in [0.15, 0.2) is 0 Å². The summed E-state index contributed by atoms with van der Waals surface area (Å²) < 4.78 is 5.60. The van der Waals surface area contributed by atoms with Crippen molar-refractivity contribution in [1.29, 1.82) is 0 Å². The Bertz CT molecular complexity index is 377. The Labute approximate surface area is 114 Å². The van der Waals surface area contributed by atoms with Crippen LogP contribution in [0.1, 0.15) is 40.0 Å². The van der Waals surface area contributed by atoms with Crippen LogP contribution in [0.2, 0.25) is 0 Å².